The van der Waals surface area contributed by atoms with Crippen molar-refractivity contribution in [2.45, 2.75) is 13.3 Å². The van der Waals surface area contributed by atoms with Crippen LogP contribution in [0.4, 0.5) is 16.2 Å². The molecule has 2 amide bonds. The summed E-state index contributed by atoms with van der Waals surface area (Å²) >= 11 is 0. The zero-order chi connectivity index (χ0) is 13.7. The summed E-state index contributed by atoms with van der Waals surface area (Å²) in [6.07, 6.45) is 0.969. The summed E-state index contributed by atoms with van der Waals surface area (Å²) in [6.45, 7) is 6.06. The third-order valence-electron chi connectivity index (χ3n) is 3.35. The molecule has 0 spiro atoms. The minimum Gasteiger partial charge on any atom is -0.399 e. The van der Waals surface area contributed by atoms with Crippen LogP contribution in [-0.4, -0.2) is 43.7 Å². The first-order chi connectivity index (χ1) is 9.20. The number of urea groups is 1. The van der Waals surface area contributed by atoms with Gasteiger partial charge in [0, 0.05) is 44.1 Å². The number of anilines is 2. The first kappa shape index (κ1) is 13.5. The van der Waals surface area contributed by atoms with Crippen molar-refractivity contribution < 1.29 is 4.79 Å². The lowest BCUT2D eigenvalue weighted by Gasteiger charge is -2.36. The van der Waals surface area contributed by atoms with Crippen LogP contribution < -0.4 is 16.0 Å². The van der Waals surface area contributed by atoms with Crippen LogP contribution in [0.15, 0.2) is 24.3 Å². The molecule has 0 saturated carbocycles. The van der Waals surface area contributed by atoms with Crippen molar-refractivity contribution >= 4 is 17.4 Å². The molecule has 1 aromatic carbocycles. The average molecular weight is 262 g/mol. The number of benzene rings is 1. The number of piperazine rings is 1. The molecule has 0 bridgehead atoms. The fraction of sp³-hybridized carbons (Fsp3) is 0.500. The number of hydrogen-bond donors (Lipinski definition) is 2. The van der Waals surface area contributed by atoms with E-state index in [2.05, 4.69) is 17.1 Å². The smallest absolute Gasteiger partial charge is 0.317 e. The van der Waals surface area contributed by atoms with Crippen LogP contribution in [0, 0.1) is 0 Å². The highest BCUT2D eigenvalue weighted by atomic mass is 16.2. The summed E-state index contributed by atoms with van der Waals surface area (Å²) < 4.78 is 0. The molecular weight excluding hydrogens is 240 g/mol. The number of carbonyl (C=O) groups excluding carboxylic acids is 1. The van der Waals surface area contributed by atoms with Gasteiger partial charge < -0.3 is 20.9 Å². The Bertz CT molecular complexity index is 410. The third kappa shape index (κ3) is 3.53. The van der Waals surface area contributed by atoms with Gasteiger partial charge in [0.15, 0.2) is 0 Å². The van der Waals surface area contributed by atoms with E-state index in [0.29, 0.717) is 0 Å². The molecule has 3 N–H and O–H groups in total. The number of amides is 2. The van der Waals surface area contributed by atoms with Crippen LogP contribution in [0.1, 0.15) is 13.3 Å². The topological polar surface area (TPSA) is 61.6 Å². The highest BCUT2D eigenvalue weighted by molar-refractivity contribution is 5.74. The summed E-state index contributed by atoms with van der Waals surface area (Å²) in [5.74, 6) is 0. The van der Waals surface area contributed by atoms with Gasteiger partial charge in [0.05, 0.1) is 0 Å². The normalized spacial score (nSPS) is 15.4. The molecule has 5 heteroatoms. The van der Waals surface area contributed by atoms with E-state index in [1.807, 2.05) is 29.2 Å². The Morgan fingerprint density at radius 3 is 2.42 bits per heavy atom. The van der Waals surface area contributed by atoms with Gasteiger partial charge in [-0.2, -0.15) is 0 Å². The number of rotatable bonds is 3. The predicted molar refractivity (Wildman–Crippen MR) is 78.3 cm³/mol. The number of hydrogen-bond acceptors (Lipinski definition) is 3. The highest BCUT2D eigenvalue weighted by Crippen LogP contribution is 2.18. The van der Waals surface area contributed by atoms with E-state index < -0.39 is 0 Å². The van der Waals surface area contributed by atoms with Crippen molar-refractivity contribution in [1.82, 2.24) is 10.2 Å². The van der Waals surface area contributed by atoms with Crippen molar-refractivity contribution in [1.29, 1.82) is 0 Å². The predicted octanol–water partition coefficient (Wildman–Crippen LogP) is 1.51. The second-order valence-electron chi connectivity index (χ2n) is 4.80. The maximum absolute atomic E-state index is 11.8. The molecule has 1 aromatic rings. The van der Waals surface area contributed by atoms with E-state index in [9.17, 15) is 4.79 Å². The van der Waals surface area contributed by atoms with Gasteiger partial charge >= 0.3 is 6.03 Å². The van der Waals surface area contributed by atoms with Gasteiger partial charge in [0.25, 0.3) is 0 Å². The van der Waals surface area contributed by atoms with E-state index in [4.69, 9.17) is 5.73 Å². The van der Waals surface area contributed by atoms with Crippen LogP contribution in [0.5, 0.6) is 0 Å². The monoisotopic (exact) mass is 262 g/mol. The molecular formula is C14H22N4O. The zero-order valence-corrected chi connectivity index (χ0v) is 11.4. The second kappa shape index (κ2) is 6.31. The van der Waals surface area contributed by atoms with Gasteiger partial charge in [-0.15, -0.1) is 0 Å². The summed E-state index contributed by atoms with van der Waals surface area (Å²) in [6, 6.07) is 7.94. The van der Waals surface area contributed by atoms with E-state index in [1.165, 1.54) is 5.69 Å². The summed E-state index contributed by atoms with van der Waals surface area (Å²) in [4.78, 5) is 16.0. The molecule has 19 heavy (non-hydrogen) atoms. The first-order valence-electron chi connectivity index (χ1n) is 6.84. The summed E-state index contributed by atoms with van der Waals surface area (Å²) in [5, 5.41) is 2.92. The largest absolute Gasteiger partial charge is 0.399 e. The van der Waals surface area contributed by atoms with Crippen LogP contribution in [0.2, 0.25) is 0 Å². The van der Waals surface area contributed by atoms with E-state index in [0.717, 1.165) is 44.8 Å². The van der Waals surface area contributed by atoms with Crippen LogP contribution in [0.25, 0.3) is 0 Å². The minimum absolute atomic E-state index is 0.0545. The summed E-state index contributed by atoms with van der Waals surface area (Å²) in [5.41, 5.74) is 7.63. The second-order valence-corrected chi connectivity index (χ2v) is 4.80. The molecule has 5 nitrogen and oxygen atoms in total. The van der Waals surface area contributed by atoms with Crippen LogP contribution in [-0.2, 0) is 0 Å². The molecule has 104 valence electrons. The Balaban J connectivity index is 1.85. The third-order valence-corrected chi connectivity index (χ3v) is 3.35. The number of carbonyl (C=O) groups is 1. The Kier molecular flexibility index (Phi) is 4.49. The number of nitrogens with zero attached hydrogens (tertiary/aromatic N) is 2. The van der Waals surface area contributed by atoms with E-state index in [-0.39, 0.29) is 6.03 Å². The Hall–Kier alpha value is -1.91. The molecule has 1 saturated heterocycles. The molecule has 0 unspecified atom stereocenters. The lowest BCUT2D eigenvalue weighted by molar-refractivity contribution is 0.194. The Morgan fingerprint density at radius 2 is 1.84 bits per heavy atom. The van der Waals surface area contributed by atoms with Crippen LogP contribution >= 0.6 is 0 Å². The fourth-order valence-electron chi connectivity index (χ4n) is 2.20. The average Bonchev–Trinajstić information content (AvgIpc) is 2.46. The Morgan fingerprint density at radius 1 is 1.21 bits per heavy atom. The highest BCUT2D eigenvalue weighted by Gasteiger charge is 2.20. The molecule has 0 radical (unpaired) electrons. The van der Waals surface area contributed by atoms with Gasteiger partial charge in [-0.3, -0.25) is 0 Å². The number of nitrogen functional groups attached to an aromatic ring is 1. The molecule has 1 fully saturated rings. The van der Waals surface area contributed by atoms with Gasteiger partial charge in [-0.05, 0) is 30.7 Å². The standard InChI is InChI=1S/C14H22N4O/c1-2-7-16-14(19)18-10-8-17(9-11-18)13-5-3-12(15)4-6-13/h3-6H,2,7-11,15H2,1H3,(H,16,19). The maximum Gasteiger partial charge on any atom is 0.317 e. The SMILES string of the molecule is CCCNC(=O)N1CCN(c2ccc(N)cc2)CC1. The van der Waals surface area contributed by atoms with Crippen LogP contribution in [0.3, 0.4) is 0 Å². The van der Waals surface area contributed by atoms with E-state index in [1.54, 1.807) is 0 Å². The lowest BCUT2D eigenvalue weighted by atomic mass is 10.2. The molecule has 1 aliphatic heterocycles. The molecule has 0 aromatic heterocycles. The van der Waals surface area contributed by atoms with Crippen molar-refractivity contribution in [3.63, 3.8) is 0 Å². The zero-order valence-electron chi connectivity index (χ0n) is 11.4. The van der Waals surface area contributed by atoms with Crippen molar-refractivity contribution in [3.8, 4) is 0 Å². The summed E-state index contributed by atoms with van der Waals surface area (Å²) in [7, 11) is 0. The molecule has 0 atom stereocenters. The van der Waals surface area contributed by atoms with Crippen molar-refractivity contribution in [3.05, 3.63) is 24.3 Å². The molecule has 1 aliphatic rings. The first-order valence-corrected chi connectivity index (χ1v) is 6.84. The fourth-order valence-corrected chi connectivity index (χ4v) is 2.20. The number of nitrogens with two attached hydrogens (primary N) is 1. The van der Waals surface area contributed by atoms with E-state index >= 15 is 0 Å². The van der Waals surface area contributed by atoms with Gasteiger partial charge in [0.1, 0.15) is 0 Å². The van der Waals surface area contributed by atoms with Crippen molar-refractivity contribution in [2.24, 2.45) is 0 Å². The van der Waals surface area contributed by atoms with Gasteiger partial charge in [-0.25, -0.2) is 4.79 Å². The lowest BCUT2D eigenvalue weighted by Crippen LogP contribution is -2.52. The van der Waals surface area contributed by atoms with Crippen molar-refractivity contribution in [2.75, 3.05) is 43.4 Å². The maximum atomic E-state index is 11.8. The Labute approximate surface area is 114 Å². The molecule has 2 rings (SSSR count). The molecule has 0 aliphatic carbocycles. The quantitative estimate of drug-likeness (QED) is 0.812. The number of nitrogens with one attached hydrogen (secondary N) is 1. The van der Waals surface area contributed by atoms with Gasteiger partial charge in [0.2, 0.25) is 0 Å². The minimum atomic E-state index is 0.0545. The van der Waals surface area contributed by atoms with Gasteiger partial charge in [-0.1, -0.05) is 6.92 Å². The molecule has 1 heterocycles.